The van der Waals surface area contributed by atoms with Crippen LogP contribution in [0.2, 0.25) is 0 Å². The van der Waals surface area contributed by atoms with Gasteiger partial charge in [-0.25, -0.2) is 8.42 Å². The van der Waals surface area contributed by atoms with Crippen molar-refractivity contribution in [2.75, 3.05) is 21.9 Å². The van der Waals surface area contributed by atoms with E-state index >= 15 is 0 Å². The second-order valence-corrected chi connectivity index (χ2v) is 8.64. The Hall–Kier alpha value is -1.56. The third-order valence-electron chi connectivity index (χ3n) is 3.79. The Kier molecular flexibility index (Phi) is 5.34. The highest BCUT2D eigenvalue weighted by Gasteiger charge is 2.25. The first-order valence-electron chi connectivity index (χ1n) is 8.14. The van der Waals surface area contributed by atoms with Crippen LogP contribution in [0.1, 0.15) is 39.7 Å². The molecule has 0 saturated carbocycles. The van der Waals surface area contributed by atoms with Crippen LogP contribution in [0, 0.1) is 11.8 Å². The van der Waals surface area contributed by atoms with Gasteiger partial charge in [0.05, 0.1) is 11.4 Å². The first-order chi connectivity index (χ1) is 10.7. The molecule has 0 fully saturated rings. The van der Waals surface area contributed by atoms with Crippen LogP contribution in [-0.2, 0) is 21.2 Å². The fourth-order valence-corrected chi connectivity index (χ4v) is 4.29. The van der Waals surface area contributed by atoms with Crippen LogP contribution in [0.5, 0.6) is 0 Å². The molecule has 5 nitrogen and oxygen atoms in total. The highest BCUT2D eigenvalue weighted by atomic mass is 32.2. The van der Waals surface area contributed by atoms with Crippen molar-refractivity contribution in [3.05, 3.63) is 23.8 Å². The molecule has 0 saturated heterocycles. The molecule has 0 bridgehead atoms. The number of nitrogens with one attached hydrogen (secondary N) is 1. The number of carbonyl (C=O) groups excluding carboxylic acids is 1. The molecule has 6 heteroatoms. The molecule has 0 spiro atoms. The fraction of sp³-hybridized carbons (Fsp3) is 0.588. The van der Waals surface area contributed by atoms with E-state index in [-0.39, 0.29) is 23.5 Å². The van der Waals surface area contributed by atoms with Gasteiger partial charge < -0.3 is 4.90 Å². The van der Waals surface area contributed by atoms with Gasteiger partial charge in [-0.3, -0.25) is 9.52 Å². The lowest BCUT2D eigenvalue weighted by molar-refractivity contribution is -0.121. The Morgan fingerprint density at radius 2 is 1.96 bits per heavy atom. The Bertz CT molecular complexity index is 681. The average Bonchev–Trinajstić information content (AvgIpc) is 2.43. The van der Waals surface area contributed by atoms with Gasteiger partial charge in [0.1, 0.15) is 0 Å². The maximum absolute atomic E-state index is 12.4. The maximum atomic E-state index is 12.4. The monoisotopic (exact) mass is 338 g/mol. The van der Waals surface area contributed by atoms with Gasteiger partial charge in [-0.05, 0) is 36.5 Å². The molecular weight excluding hydrogens is 312 g/mol. The number of rotatable bonds is 5. The summed E-state index contributed by atoms with van der Waals surface area (Å²) in [5, 5.41) is 0. The van der Waals surface area contributed by atoms with Gasteiger partial charge in [0.25, 0.3) is 0 Å². The zero-order valence-electron chi connectivity index (χ0n) is 14.3. The van der Waals surface area contributed by atoms with Gasteiger partial charge in [0.15, 0.2) is 0 Å². The van der Waals surface area contributed by atoms with Crippen molar-refractivity contribution < 1.29 is 13.2 Å². The van der Waals surface area contributed by atoms with Crippen LogP contribution in [0.25, 0.3) is 0 Å². The van der Waals surface area contributed by atoms with Gasteiger partial charge in [-0.15, -0.1) is 0 Å². The predicted molar refractivity (Wildman–Crippen MR) is 94.2 cm³/mol. The Morgan fingerprint density at radius 3 is 2.57 bits per heavy atom. The normalized spacial score (nSPS) is 15.0. The van der Waals surface area contributed by atoms with Crippen molar-refractivity contribution in [3.63, 3.8) is 0 Å². The van der Waals surface area contributed by atoms with Crippen molar-refractivity contribution in [1.82, 2.24) is 0 Å². The summed E-state index contributed by atoms with van der Waals surface area (Å²) in [5.74, 6) is 0.137. The highest BCUT2D eigenvalue weighted by Crippen LogP contribution is 2.31. The van der Waals surface area contributed by atoms with Gasteiger partial charge in [0, 0.05) is 18.2 Å². The maximum Gasteiger partial charge on any atom is 0.232 e. The molecule has 1 N–H and O–H groups in total. The van der Waals surface area contributed by atoms with E-state index in [0.717, 1.165) is 24.1 Å². The van der Waals surface area contributed by atoms with Gasteiger partial charge in [-0.2, -0.15) is 0 Å². The topological polar surface area (TPSA) is 66.5 Å². The van der Waals surface area contributed by atoms with Crippen LogP contribution in [0.4, 0.5) is 11.4 Å². The lowest BCUT2D eigenvalue weighted by Gasteiger charge is -2.31. The summed E-state index contributed by atoms with van der Waals surface area (Å²) in [6.07, 6.45) is 1.85. The van der Waals surface area contributed by atoms with Crippen LogP contribution >= 0.6 is 0 Å². The summed E-state index contributed by atoms with van der Waals surface area (Å²) in [6, 6.07) is 5.48. The van der Waals surface area contributed by atoms with Crippen molar-refractivity contribution in [3.8, 4) is 0 Å². The third-order valence-corrected chi connectivity index (χ3v) is 5.44. The number of hydrogen-bond donors (Lipinski definition) is 1. The molecule has 1 aliphatic rings. The molecule has 1 amide bonds. The van der Waals surface area contributed by atoms with Crippen molar-refractivity contribution in [1.29, 1.82) is 0 Å². The molecule has 0 atom stereocenters. The van der Waals surface area contributed by atoms with E-state index in [1.165, 1.54) is 0 Å². The average molecular weight is 338 g/mol. The number of hydrogen-bond acceptors (Lipinski definition) is 3. The Morgan fingerprint density at radius 1 is 1.26 bits per heavy atom. The molecule has 1 heterocycles. The van der Waals surface area contributed by atoms with Crippen LogP contribution in [-0.4, -0.2) is 26.6 Å². The molecule has 0 unspecified atom stereocenters. The van der Waals surface area contributed by atoms with E-state index in [1.807, 2.05) is 33.8 Å². The minimum atomic E-state index is -3.37. The van der Waals surface area contributed by atoms with Crippen LogP contribution in [0.15, 0.2) is 18.2 Å². The van der Waals surface area contributed by atoms with Crippen LogP contribution in [0.3, 0.4) is 0 Å². The standard InChI is InChI=1S/C17H26N2O3S/c1-12(2)11-23(21,22)18-15-8-7-14-6-5-9-19(16(14)10-15)17(20)13(3)4/h7-8,10,12-13,18H,5-6,9,11H2,1-4H3. The number of amides is 1. The number of sulfonamides is 1. The highest BCUT2D eigenvalue weighted by molar-refractivity contribution is 7.92. The lowest BCUT2D eigenvalue weighted by atomic mass is 9.99. The summed E-state index contributed by atoms with van der Waals surface area (Å²) in [4.78, 5) is 14.2. The quantitative estimate of drug-likeness (QED) is 0.897. The molecule has 1 aromatic rings. The second kappa shape index (κ2) is 6.91. The smallest absolute Gasteiger partial charge is 0.232 e. The fourth-order valence-electron chi connectivity index (χ4n) is 2.84. The minimum Gasteiger partial charge on any atom is -0.312 e. The van der Waals surface area contributed by atoms with E-state index in [0.29, 0.717) is 12.2 Å². The Labute approximate surface area is 139 Å². The van der Waals surface area contributed by atoms with E-state index in [4.69, 9.17) is 0 Å². The van der Waals surface area contributed by atoms with Crippen molar-refractivity contribution in [2.24, 2.45) is 11.8 Å². The molecule has 23 heavy (non-hydrogen) atoms. The SMILES string of the molecule is CC(C)CS(=O)(=O)Nc1ccc2c(c1)N(C(=O)C(C)C)CCC2. The number of benzene rings is 1. The largest absolute Gasteiger partial charge is 0.312 e. The van der Waals surface area contributed by atoms with Crippen molar-refractivity contribution in [2.45, 2.75) is 40.5 Å². The molecule has 128 valence electrons. The molecular formula is C17H26N2O3S. The van der Waals surface area contributed by atoms with Gasteiger partial charge in [0.2, 0.25) is 15.9 Å². The summed E-state index contributed by atoms with van der Waals surface area (Å²) < 4.78 is 26.8. The van der Waals surface area contributed by atoms with E-state index in [9.17, 15) is 13.2 Å². The molecule has 1 aromatic carbocycles. The Balaban J connectivity index is 2.30. The number of anilines is 2. The number of aryl methyl sites for hydroxylation is 1. The number of carbonyl (C=O) groups is 1. The first-order valence-corrected chi connectivity index (χ1v) is 9.79. The minimum absolute atomic E-state index is 0.0594. The van der Waals surface area contributed by atoms with E-state index in [2.05, 4.69) is 4.72 Å². The molecule has 1 aliphatic heterocycles. The van der Waals surface area contributed by atoms with Crippen LogP contribution < -0.4 is 9.62 Å². The predicted octanol–water partition coefficient (Wildman–Crippen LogP) is 3.02. The summed E-state index contributed by atoms with van der Waals surface area (Å²) in [5.41, 5.74) is 2.45. The van der Waals surface area contributed by atoms with Gasteiger partial charge in [-0.1, -0.05) is 33.8 Å². The summed E-state index contributed by atoms with van der Waals surface area (Å²) in [7, 11) is -3.37. The number of nitrogens with zero attached hydrogens (tertiary/aromatic N) is 1. The lowest BCUT2D eigenvalue weighted by Crippen LogP contribution is -2.38. The first kappa shape index (κ1) is 17.8. The zero-order chi connectivity index (χ0) is 17.2. The van der Waals surface area contributed by atoms with Gasteiger partial charge >= 0.3 is 0 Å². The van der Waals surface area contributed by atoms with E-state index in [1.54, 1.807) is 17.0 Å². The molecule has 0 aliphatic carbocycles. The zero-order valence-corrected chi connectivity index (χ0v) is 15.1. The second-order valence-electron chi connectivity index (χ2n) is 6.87. The summed E-state index contributed by atoms with van der Waals surface area (Å²) in [6.45, 7) is 8.19. The molecule has 0 aromatic heterocycles. The molecule has 0 radical (unpaired) electrons. The third kappa shape index (κ3) is 4.47. The van der Waals surface area contributed by atoms with E-state index < -0.39 is 10.0 Å². The number of fused-ring (bicyclic) bond motifs is 1. The van der Waals surface area contributed by atoms with Crippen molar-refractivity contribution >= 4 is 27.3 Å². The molecule has 2 rings (SSSR count). The summed E-state index contributed by atoms with van der Waals surface area (Å²) >= 11 is 0.